The molecule has 7 heteroatoms. The number of hydrogen-bond donors (Lipinski definition) is 6. The molecule has 0 aromatic carbocycles. The summed E-state index contributed by atoms with van der Waals surface area (Å²) in [4.78, 5) is 0. The van der Waals surface area contributed by atoms with Gasteiger partial charge >= 0.3 is 0 Å². The van der Waals surface area contributed by atoms with Crippen molar-refractivity contribution in [3.8, 4) is 0 Å². The van der Waals surface area contributed by atoms with Crippen molar-refractivity contribution in [2.24, 2.45) is 0 Å². The van der Waals surface area contributed by atoms with E-state index in [9.17, 15) is 0 Å². The minimum Gasteiger partial charge on any atom is -0.393 e. The van der Waals surface area contributed by atoms with Gasteiger partial charge in [0.05, 0.1) is 36.6 Å². The van der Waals surface area contributed by atoms with Gasteiger partial charge in [-0.25, -0.2) is 0 Å². The number of aliphatic hydroxyl groups is 6. The molecule has 0 amide bonds. The zero-order valence-electron chi connectivity index (χ0n) is 14.7. The predicted molar refractivity (Wildman–Crippen MR) is 83.9 cm³/mol. The van der Waals surface area contributed by atoms with Gasteiger partial charge in [0.1, 0.15) is 0 Å². The second-order valence-corrected chi connectivity index (χ2v) is 5.80. The van der Waals surface area contributed by atoms with Crippen molar-refractivity contribution in [1.29, 1.82) is 0 Å². The van der Waals surface area contributed by atoms with Gasteiger partial charge in [-0.3, -0.25) is 0 Å². The summed E-state index contributed by atoms with van der Waals surface area (Å²) in [6, 6.07) is 0. The van der Waals surface area contributed by atoms with Crippen LogP contribution in [0.5, 0.6) is 0 Å². The molecule has 6 N–H and O–H groups in total. The fourth-order valence-corrected chi connectivity index (χ4v) is 1.48. The monoisotopic (exact) mass is 364 g/mol. The predicted octanol–water partition coefficient (Wildman–Crippen LogP) is 0.412. The number of aliphatic hydroxyl groups excluding tert-OH is 6. The molecule has 0 aliphatic carbocycles. The smallest absolute Gasteiger partial charge is 0.0536 e. The van der Waals surface area contributed by atoms with Crippen LogP contribution in [0.25, 0.3) is 0 Å². The zero-order valence-corrected chi connectivity index (χ0v) is 16.0. The molecular formula is C15H36CrO6. The molecule has 6 atom stereocenters. The van der Waals surface area contributed by atoms with Gasteiger partial charge in [-0.15, -0.1) is 0 Å². The van der Waals surface area contributed by atoms with Crippen molar-refractivity contribution in [3.63, 3.8) is 0 Å². The maximum atomic E-state index is 8.56. The van der Waals surface area contributed by atoms with Crippen LogP contribution in [0, 0.1) is 0 Å². The van der Waals surface area contributed by atoms with Gasteiger partial charge in [0.15, 0.2) is 0 Å². The van der Waals surface area contributed by atoms with Crippen LogP contribution >= 0.6 is 0 Å². The first kappa shape index (κ1) is 30.2. The quantitative estimate of drug-likeness (QED) is 0.406. The van der Waals surface area contributed by atoms with E-state index in [4.69, 9.17) is 30.6 Å². The van der Waals surface area contributed by atoms with Crippen LogP contribution in [0.2, 0.25) is 0 Å². The summed E-state index contributed by atoms with van der Waals surface area (Å²) in [5, 5.41) is 51.4. The molecule has 0 rings (SSSR count). The first-order valence-electron chi connectivity index (χ1n) is 7.46. The summed E-state index contributed by atoms with van der Waals surface area (Å²) in [6.45, 7) is 9.96. The van der Waals surface area contributed by atoms with E-state index in [0.717, 1.165) is 0 Å². The van der Waals surface area contributed by atoms with Crippen molar-refractivity contribution in [2.45, 2.75) is 97.4 Å². The Balaban J connectivity index is -0.000000108. The first-order chi connectivity index (χ1) is 9.38. The average Bonchev–Trinajstić information content (AvgIpc) is 2.10. The third-order valence-electron chi connectivity index (χ3n) is 2.05. The summed E-state index contributed by atoms with van der Waals surface area (Å²) >= 11 is 0. The average molecular weight is 364 g/mol. The molecule has 22 heavy (non-hydrogen) atoms. The Bertz CT molecular complexity index is 145. The molecule has 0 saturated carbocycles. The minimum atomic E-state index is -0.375. The molecule has 0 aliphatic heterocycles. The van der Waals surface area contributed by atoms with Crippen LogP contribution in [0.1, 0.15) is 60.8 Å². The van der Waals surface area contributed by atoms with Crippen LogP contribution in [0.4, 0.5) is 0 Å². The maximum Gasteiger partial charge on any atom is 0.0536 e. The first-order valence-corrected chi connectivity index (χ1v) is 7.46. The van der Waals surface area contributed by atoms with Crippen molar-refractivity contribution in [1.82, 2.24) is 0 Å². The van der Waals surface area contributed by atoms with Gasteiger partial charge in [0, 0.05) is 17.4 Å². The Kier molecular flexibility index (Phi) is 26.6. The second-order valence-electron chi connectivity index (χ2n) is 5.80. The van der Waals surface area contributed by atoms with Crippen molar-refractivity contribution < 1.29 is 48.0 Å². The topological polar surface area (TPSA) is 121 Å². The fraction of sp³-hybridized carbons (Fsp3) is 1.00. The molecule has 0 aromatic rings. The summed E-state index contributed by atoms with van der Waals surface area (Å²) < 4.78 is 0. The molecule has 138 valence electrons. The Morgan fingerprint density at radius 2 is 0.500 bits per heavy atom. The fourth-order valence-electron chi connectivity index (χ4n) is 1.48. The zero-order chi connectivity index (χ0) is 17.6. The molecule has 0 saturated heterocycles. The van der Waals surface area contributed by atoms with Crippen LogP contribution < -0.4 is 0 Å². The summed E-state index contributed by atoms with van der Waals surface area (Å²) in [5.41, 5.74) is 0. The minimum absolute atomic E-state index is 0. The largest absolute Gasteiger partial charge is 0.393 e. The SMILES string of the molecule is CC(O)CC(C)O.CC(O)CC(C)O.CC(O)CC(C)O.[Cr]. The van der Waals surface area contributed by atoms with E-state index in [2.05, 4.69) is 0 Å². The van der Waals surface area contributed by atoms with Crippen molar-refractivity contribution >= 4 is 0 Å². The Hall–Kier alpha value is 0.292. The van der Waals surface area contributed by atoms with Crippen molar-refractivity contribution in [3.05, 3.63) is 0 Å². The van der Waals surface area contributed by atoms with Gasteiger partial charge < -0.3 is 30.6 Å². The van der Waals surface area contributed by atoms with Crippen LogP contribution in [-0.2, 0) is 17.4 Å². The summed E-state index contributed by atoms with van der Waals surface area (Å²) in [5.74, 6) is 0. The maximum absolute atomic E-state index is 8.56. The molecule has 0 spiro atoms. The van der Waals surface area contributed by atoms with E-state index >= 15 is 0 Å². The van der Waals surface area contributed by atoms with Crippen LogP contribution in [0.3, 0.4) is 0 Å². The van der Waals surface area contributed by atoms with Gasteiger partial charge in [-0.1, -0.05) is 0 Å². The normalized spacial score (nSPS) is 18.0. The van der Waals surface area contributed by atoms with E-state index in [1.165, 1.54) is 0 Å². The summed E-state index contributed by atoms with van der Waals surface area (Å²) in [6.07, 6.45) is -0.833. The Morgan fingerprint density at radius 3 is 0.500 bits per heavy atom. The third kappa shape index (κ3) is 50.0. The molecular weight excluding hydrogens is 328 g/mol. The Morgan fingerprint density at radius 1 is 0.409 bits per heavy atom. The molecule has 0 aromatic heterocycles. The molecule has 0 bridgehead atoms. The molecule has 6 nitrogen and oxygen atoms in total. The van der Waals surface area contributed by atoms with E-state index in [1.807, 2.05) is 0 Å². The molecule has 0 radical (unpaired) electrons. The summed E-state index contributed by atoms with van der Waals surface area (Å²) in [7, 11) is 0. The van der Waals surface area contributed by atoms with Gasteiger partial charge in [0.25, 0.3) is 0 Å². The molecule has 0 fully saturated rings. The number of hydrogen-bond acceptors (Lipinski definition) is 6. The van der Waals surface area contributed by atoms with E-state index in [0.29, 0.717) is 19.3 Å². The van der Waals surface area contributed by atoms with E-state index in [-0.39, 0.29) is 54.0 Å². The third-order valence-corrected chi connectivity index (χ3v) is 2.05. The molecule has 0 heterocycles. The van der Waals surface area contributed by atoms with Crippen molar-refractivity contribution in [2.75, 3.05) is 0 Å². The Labute approximate surface area is 145 Å². The van der Waals surface area contributed by atoms with Gasteiger partial charge in [-0.05, 0) is 60.8 Å². The molecule has 6 unspecified atom stereocenters. The van der Waals surface area contributed by atoms with Gasteiger partial charge in [-0.2, -0.15) is 0 Å². The standard InChI is InChI=1S/3C5H12O2.Cr/c3*1-4(6)3-5(2)7;/h3*4-7H,3H2,1-2H3;. The van der Waals surface area contributed by atoms with Crippen LogP contribution in [-0.4, -0.2) is 67.3 Å². The van der Waals surface area contributed by atoms with Crippen LogP contribution in [0.15, 0.2) is 0 Å². The molecule has 0 aliphatic rings. The second kappa shape index (κ2) is 19.3. The number of rotatable bonds is 6. The van der Waals surface area contributed by atoms with E-state index < -0.39 is 0 Å². The van der Waals surface area contributed by atoms with E-state index in [1.54, 1.807) is 41.5 Å². The van der Waals surface area contributed by atoms with Gasteiger partial charge in [0.2, 0.25) is 0 Å².